The molecule has 1 aromatic rings. The quantitative estimate of drug-likeness (QED) is 0.537. The van der Waals surface area contributed by atoms with Crippen molar-refractivity contribution in [2.45, 2.75) is 6.92 Å². The smallest absolute Gasteiger partial charge is 0.264 e. The molecule has 0 aliphatic carbocycles. The molecule has 0 saturated heterocycles. The molecule has 0 spiro atoms. The van der Waals surface area contributed by atoms with Gasteiger partial charge in [0.05, 0.1) is 4.92 Å². The molecule has 0 radical (unpaired) electrons. The number of hydrogen-bond donors (Lipinski definition) is 2. The summed E-state index contributed by atoms with van der Waals surface area (Å²) < 4.78 is 0. The number of nitro benzene ring substituents is 1. The highest BCUT2D eigenvalue weighted by Gasteiger charge is 2.12. The largest absolute Gasteiger partial charge is 0.274 e. The molecular formula is C7H8N2O4. The van der Waals surface area contributed by atoms with Gasteiger partial charge < -0.3 is 0 Å². The number of nitro groups is 1. The summed E-state index contributed by atoms with van der Waals surface area (Å²) in [5.74, 6) is 0. The van der Waals surface area contributed by atoms with Gasteiger partial charge in [0, 0.05) is 11.6 Å². The Morgan fingerprint density at radius 2 is 2.08 bits per heavy atom. The first-order chi connectivity index (χ1) is 6.02. The van der Waals surface area contributed by atoms with Crippen molar-refractivity contribution in [2.75, 3.05) is 5.23 Å². The van der Waals surface area contributed by atoms with Gasteiger partial charge in [0.2, 0.25) is 0 Å². The molecule has 0 bridgehead atoms. The van der Waals surface area contributed by atoms with Gasteiger partial charge in [0.25, 0.3) is 5.69 Å². The van der Waals surface area contributed by atoms with Gasteiger partial charge in [-0.1, -0.05) is 6.07 Å². The lowest BCUT2D eigenvalue weighted by atomic mass is 10.2. The van der Waals surface area contributed by atoms with Gasteiger partial charge in [-0.25, -0.2) is 0 Å². The molecule has 2 N–H and O–H groups in total. The number of aryl methyl sites for hydroxylation is 1. The van der Waals surface area contributed by atoms with E-state index in [1.165, 1.54) is 12.1 Å². The standard InChI is InChI=1S/C7H8N2O4/c1-5-2-3-6(8(10)11)4-7(5)9(12)13/h2-4,10-11H,1H3. The first-order valence-electron chi connectivity index (χ1n) is 3.45. The zero-order valence-corrected chi connectivity index (χ0v) is 6.84. The van der Waals surface area contributed by atoms with E-state index in [0.29, 0.717) is 5.56 Å². The average molecular weight is 184 g/mol. The molecule has 0 aliphatic rings. The summed E-state index contributed by atoms with van der Waals surface area (Å²) in [5.41, 5.74) is 0.276. The van der Waals surface area contributed by atoms with Crippen LogP contribution in [0.5, 0.6) is 0 Å². The number of hydrogen-bond acceptors (Lipinski definition) is 5. The van der Waals surface area contributed by atoms with Crippen LogP contribution < -0.4 is 5.23 Å². The molecular weight excluding hydrogens is 176 g/mol. The molecule has 70 valence electrons. The molecule has 1 aromatic carbocycles. The second kappa shape index (κ2) is 3.38. The van der Waals surface area contributed by atoms with E-state index >= 15 is 0 Å². The number of rotatable bonds is 2. The minimum Gasteiger partial charge on any atom is -0.264 e. The van der Waals surface area contributed by atoms with Gasteiger partial charge in [-0.2, -0.15) is 0 Å². The SMILES string of the molecule is Cc1ccc(N(O)O)cc1[N+](=O)[O-]. The maximum Gasteiger partial charge on any atom is 0.274 e. The van der Waals surface area contributed by atoms with Crippen molar-refractivity contribution < 1.29 is 15.3 Å². The van der Waals surface area contributed by atoms with Crippen LogP contribution in [0.2, 0.25) is 0 Å². The Balaban J connectivity index is 3.19. The highest BCUT2D eigenvalue weighted by atomic mass is 16.8. The van der Waals surface area contributed by atoms with Crippen molar-refractivity contribution in [1.29, 1.82) is 0 Å². The normalized spacial score (nSPS) is 9.77. The Kier molecular flexibility index (Phi) is 2.45. The lowest BCUT2D eigenvalue weighted by Gasteiger charge is -2.07. The first kappa shape index (κ1) is 9.43. The molecule has 6 heteroatoms. The van der Waals surface area contributed by atoms with Gasteiger partial charge in [0.15, 0.2) is 0 Å². The molecule has 0 unspecified atom stereocenters. The monoisotopic (exact) mass is 184 g/mol. The molecule has 6 nitrogen and oxygen atoms in total. The van der Waals surface area contributed by atoms with Crippen LogP contribution in [0.15, 0.2) is 18.2 Å². The minimum atomic E-state index is -0.581. The fourth-order valence-electron chi connectivity index (χ4n) is 0.919. The van der Waals surface area contributed by atoms with Gasteiger partial charge in [-0.15, -0.1) is 5.23 Å². The van der Waals surface area contributed by atoms with E-state index in [4.69, 9.17) is 10.4 Å². The number of anilines is 1. The molecule has 0 saturated carbocycles. The van der Waals surface area contributed by atoms with E-state index in [9.17, 15) is 10.1 Å². The topological polar surface area (TPSA) is 86.8 Å². The molecule has 0 fully saturated rings. The van der Waals surface area contributed by atoms with E-state index in [2.05, 4.69) is 0 Å². The average Bonchev–Trinajstić information content (AvgIpc) is 2.04. The predicted molar refractivity (Wildman–Crippen MR) is 43.9 cm³/mol. The fraction of sp³-hybridized carbons (Fsp3) is 0.143. The lowest BCUT2D eigenvalue weighted by molar-refractivity contribution is -0.385. The molecule has 0 aliphatic heterocycles. The third-order valence-corrected chi connectivity index (χ3v) is 1.62. The molecule has 13 heavy (non-hydrogen) atoms. The zero-order valence-electron chi connectivity index (χ0n) is 6.84. The van der Waals surface area contributed by atoms with Crippen LogP contribution >= 0.6 is 0 Å². The van der Waals surface area contributed by atoms with Crippen molar-refractivity contribution in [2.24, 2.45) is 0 Å². The van der Waals surface area contributed by atoms with E-state index in [0.717, 1.165) is 6.07 Å². The maximum absolute atomic E-state index is 10.4. The summed E-state index contributed by atoms with van der Waals surface area (Å²) in [5, 5.41) is 27.4. The summed E-state index contributed by atoms with van der Waals surface area (Å²) in [6.07, 6.45) is 0. The molecule has 1 rings (SSSR count). The van der Waals surface area contributed by atoms with Crippen LogP contribution in [0.4, 0.5) is 11.4 Å². The molecule has 0 heterocycles. The lowest BCUT2D eigenvalue weighted by Crippen LogP contribution is -2.11. The van der Waals surface area contributed by atoms with Crippen molar-refractivity contribution in [3.63, 3.8) is 0 Å². The highest BCUT2D eigenvalue weighted by Crippen LogP contribution is 2.23. The van der Waals surface area contributed by atoms with Crippen LogP contribution in [0.25, 0.3) is 0 Å². The van der Waals surface area contributed by atoms with Crippen LogP contribution in [-0.2, 0) is 0 Å². The van der Waals surface area contributed by atoms with E-state index < -0.39 is 4.92 Å². The van der Waals surface area contributed by atoms with Crippen LogP contribution in [-0.4, -0.2) is 15.3 Å². The summed E-state index contributed by atoms with van der Waals surface area (Å²) in [6.45, 7) is 1.57. The van der Waals surface area contributed by atoms with E-state index in [1.807, 2.05) is 0 Å². The second-order valence-electron chi connectivity index (χ2n) is 2.52. The summed E-state index contributed by atoms with van der Waals surface area (Å²) in [6, 6.07) is 3.88. The fourth-order valence-corrected chi connectivity index (χ4v) is 0.919. The molecule has 0 atom stereocenters. The van der Waals surface area contributed by atoms with Gasteiger partial charge in [0.1, 0.15) is 5.69 Å². The number of benzene rings is 1. The summed E-state index contributed by atoms with van der Waals surface area (Å²) >= 11 is 0. The van der Waals surface area contributed by atoms with Gasteiger partial charge >= 0.3 is 0 Å². The third-order valence-electron chi connectivity index (χ3n) is 1.62. The highest BCUT2D eigenvalue weighted by molar-refractivity contribution is 5.53. The van der Waals surface area contributed by atoms with E-state index in [1.54, 1.807) is 6.92 Å². The number of nitrogens with zero attached hydrogens (tertiary/aromatic N) is 2. The molecule has 0 aromatic heterocycles. The first-order valence-corrected chi connectivity index (χ1v) is 3.45. The minimum absolute atomic E-state index is 0.0442. The summed E-state index contributed by atoms with van der Waals surface area (Å²) in [7, 11) is 0. The van der Waals surface area contributed by atoms with Crippen molar-refractivity contribution in [3.05, 3.63) is 33.9 Å². The van der Waals surface area contributed by atoms with Crippen LogP contribution in [0.3, 0.4) is 0 Å². The van der Waals surface area contributed by atoms with Crippen LogP contribution in [0, 0.1) is 17.0 Å². The Labute approximate surface area is 73.7 Å². The van der Waals surface area contributed by atoms with Crippen molar-refractivity contribution >= 4 is 11.4 Å². The Morgan fingerprint density at radius 1 is 1.46 bits per heavy atom. The van der Waals surface area contributed by atoms with Crippen molar-refractivity contribution in [1.82, 2.24) is 0 Å². The second-order valence-corrected chi connectivity index (χ2v) is 2.52. The Hall–Kier alpha value is -1.66. The Morgan fingerprint density at radius 3 is 2.54 bits per heavy atom. The van der Waals surface area contributed by atoms with E-state index in [-0.39, 0.29) is 16.6 Å². The van der Waals surface area contributed by atoms with Gasteiger partial charge in [-0.05, 0) is 13.0 Å². The third kappa shape index (κ3) is 1.92. The van der Waals surface area contributed by atoms with Crippen LogP contribution in [0.1, 0.15) is 5.56 Å². The molecule has 0 amide bonds. The Bertz CT molecular complexity index is 337. The van der Waals surface area contributed by atoms with Crippen molar-refractivity contribution in [3.8, 4) is 0 Å². The predicted octanol–water partition coefficient (Wildman–Crippen LogP) is 1.49. The van der Waals surface area contributed by atoms with Gasteiger partial charge in [-0.3, -0.25) is 20.5 Å². The maximum atomic E-state index is 10.4. The zero-order chi connectivity index (χ0) is 10.0. The summed E-state index contributed by atoms with van der Waals surface area (Å²) in [4.78, 5) is 9.84.